The van der Waals surface area contributed by atoms with E-state index in [-0.39, 0.29) is 18.4 Å². The van der Waals surface area contributed by atoms with Crippen molar-refractivity contribution >= 4 is 17.5 Å². The van der Waals surface area contributed by atoms with Gasteiger partial charge in [0, 0.05) is 18.3 Å². The topological polar surface area (TPSA) is 77.1 Å². The maximum Gasteiger partial charge on any atom is 0.254 e. The molecule has 0 saturated heterocycles. The summed E-state index contributed by atoms with van der Waals surface area (Å²) in [4.78, 5) is 26.3. The summed E-state index contributed by atoms with van der Waals surface area (Å²) in [5.74, 6) is 1.21. The highest BCUT2D eigenvalue weighted by atomic mass is 16.5. The van der Waals surface area contributed by atoms with Crippen LogP contribution < -0.4 is 19.5 Å². The zero-order chi connectivity index (χ0) is 21.2. The van der Waals surface area contributed by atoms with Crippen molar-refractivity contribution in [2.45, 2.75) is 19.8 Å². The lowest BCUT2D eigenvalue weighted by molar-refractivity contribution is -0.116. The lowest BCUT2D eigenvalue weighted by atomic mass is 10.1. The van der Waals surface area contributed by atoms with Crippen LogP contribution in [0, 0.1) is 0 Å². The van der Waals surface area contributed by atoms with Gasteiger partial charge in [0.25, 0.3) is 5.91 Å². The van der Waals surface area contributed by atoms with Gasteiger partial charge in [-0.2, -0.15) is 0 Å². The quantitative estimate of drug-likeness (QED) is 0.617. The van der Waals surface area contributed by atoms with E-state index in [0.29, 0.717) is 35.1 Å². The lowest BCUT2D eigenvalue weighted by Gasteiger charge is -2.18. The summed E-state index contributed by atoms with van der Waals surface area (Å²) < 4.78 is 16.1. The van der Waals surface area contributed by atoms with Crippen LogP contribution in [0.3, 0.4) is 0 Å². The van der Waals surface area contributed by atoms with Gasteiger partial charge in [0.2, 0.25) is 5.91 Å². The number of nitrogens with zero attached hydrogens (tertiary/aromatic N) is 1. The van der Waals surface area contributed by atoms with E-state index in [1.54, 1.807) is 56.6 Å². The molecule has 0 unspecified atom stereocenters. The van der Waals surface area contributed by atoms with Gasteiger partial charge in [-0.05, 0) is 48.9 Å². The van der Waals surface area contributed by atoms with E-state index < -0.39 is 0 Å². The van der Waals surface area contributed by atoms with E-state index in [1.165, 1.54) is 12.0 Å². The number of benzene rings is 2. The predicted octanol–water partition coefficient (Wildman–Crippen LogP) is 3.59. The van der Waals surface area contributed by atoms with Crippen LogP contribution in [-0.2, 0) is 4.79 Å². The van der Waals surface area contributed by atoms with Crippen molar-refractivity contribution in [2.75, 3.05) is 39.7 Å². The Hall–Kier alpha value is -3.22. The molecule has 7 nitrogen and oxygen atoms in total. The number of amides is 2. The third-order valence-electron chi connectivity index (χ3n) is 4.27. The zero-order valence-corrected chi connectivity index (χ0v) is 17.4. The SMILES string of the molecule is CCCCOc1ccc(C(=O)N(C)CC(=O)Nc2ccc(OC)cc2)cc1OC. The fraction of sp³-hybridized carbons (Fsp3) is 0.364. The number of hydrogen-bond acceptors (Lipinski definition) is 5. The van der Waals surface area contributed by atoms with Crippen molar-refractivity contribution in [3.8, 4) is 17.2 Å². The largest absolute Gasteiger partial charge is 0.497 e. The van der Waals surface area contributed by atoms with Crippen molar-refractivity contribution in [1.82, 2.24) is 4.90 Å². The highest BCUT2D eigenvalue weighted by Crippen LogP contribution is 2.28. The number of carbonyl (C=O) groups is 2. The van der Waals surface area contributed by atoms with E-state index in [2.05, 4.69) is 12.2 Å². The minimum absolute atomic E-state index is 0.0814. The predicted molar refractivity (Wildman–Crippen MR) is 112 cm³/mol. The Morgan fingerprint density at radius 2 is 1.72 bits per heavy atom. The van der Waals surface area contributed by atoms with Crippen molar-refractivity contribution in [1.29, 1.82) is 0 Å². The molecule has 2 aromatic carbocycles. The molecule has 0 bridgehead atoms. The second-order valence-corrected chi connectivity index (χ2v) is 6.51. The molecular formula is C22H28N2O5. The number of ether oxygens (including phenoxy) is 3. The molecular weight excluding hydrogens is 372 g/mol. The lowest BCUT2D eigenvalue weighted by Crippen LogP contribution is -2.34. The molecule has 0 aromatic heterocycles. The van der Waals surface area contributed by atoms with Gasteiger partial charge in [0.05, 0.1) is 27.4 Å². The molecule has 0 aliphatic carbocycles. The second-order valence-electron chi connectivity index (χ2n) is 6.51. The highest BCUT2D eigenvalue weighted by molar-refractivity contribution is 5.99. The van der Waals surface area contributed by atoms with Crippen LogP contribution in [0.1, 0.15) is 30.1 Å². The van der Waals surface area contributed by atoms with Crippen molar-refractivity contribution in [3.63, 3.8) is 0 Å². The Balaban J connectivity index is 1.98. The first-order valence-electron chi connectivity index (χ1n) is 9.48. The molecule has 1 N–H and O–H groups in total. The molecule has 0 atom stereocenters. The molecule has 0 aliphatic heterocycles. The molecule has 0 fully saturated rings. The summed E-state index contributed by atoms with van der Waals surface area (Å²) in [5.41, 5.74) is 1.05. The Morgan fingerprint density at radius 1 is 1.00 bits per heavy atom. The van der Waals surface area contributed by atoms with Gasteiger partial charge in [0.1, 0.15) is 5.75 Å². The molecule has 0 spiro atoms. The van der Waals surface area contributed by atoms with Gasteiger partial charge >= 0.3 is 0 Å². The van der Waals surface area contributed by atoms with Crippen LogP contribution >= 0.6 is 0 Å². The Bertz CT molecular complexity index is 820. The third kappa shape index (κ3) is 6.41. The number of anilines is 1. The van der Waals surface area contributed by atoms with E-state index in [1.807, 2.05) is 0 Å². The molecule has 2 aromatic rings. The maximum atomic E-state index is 12.7. The average Bonchev–Trinajstić information content (AvgIpc) is 2.74. The zero-order valence-electron chi connectivity index (χ0n) is 17.4. The monoisotopic (exact) mass is 400 g/mol. The van der Waals surface area contributed by atoms with Gasteiger partial charge in [-0.3, -0.25) is 9.59 Å². The van der Waals surface area contributed by atoms with Gasteiger partial charge in [-0.1, -0.05) is 13.3 Å². The number of nitrogens with one attached hydrogen (secondary N) is 1. The molecule has 29 heavy (non-hydrogen) atoms. The molecule has 0 heterocycles. The number of unbranched alkanes of at least 4 members (excludes halogenated alkanes) is 1. The Kier molecular flexibility index (Phi) is 8.33. The molecule has 156 valence electrons. The molecule has 0 aliphatic rings. The minimum atomic E-state index is -0.294. The van der Waals surface area contributed by atoms with E-state index >= 15 is 0 Å². The van der Waals surface area contributed by atoms with Crippen LogP contribution in [0.15, 0.2) is 42.5 Å². The second kappa shape index (κ2) is 10.9. The number of rotatable bonds is 10. The van der Waals surface area contributed by atoms with Gasteiger partial charge in [-0.15, -0.1) is 0 Å². The van der Waals surface area contributed by atoms with Gasteiger partial charge in [0.15, 0.2) is 11.5 Å². The van der Waals surface area contributed by atoms with Crippen LogP contribution in [0.2, 0.25) is 0 Å². The van der Waals surface area contributed by atoms with Crippen molar-refractivity contribution in [3.05, 3.63) is 48.0 Å². The maximum absolute atomic E-state index is 12.7. The first-order valence-corrected chi connectivity index (χ1v) is 9.48. The molecule has 0 saturated carbocycles. The molecule has 7 heteroatoms. The molecule has 2 amide bonds. The highest BCUT2D eigenvalue weighted by Gasteiger charge is 2.17. The van der Waals surface area contributed by atoms with Crippen LogP contribution in [-0.4, -0.2) is 51.1 Å². The average molecular weight is 400 g/mol. The fourth-order valence-corrected chi connectivity index (χ4v) is 2.63. The third-order valence-corrected chi connectivity index (χ3v) is 4.27. The smallest absolute Gasteiger partial charge is 0.254 e. The first-order chi connectivity index (χ1) is 14.0. The van der Waals surface area contributed by atoms with E-state index in [9.17, 15) is 9.59 Å². The molecule has 2 rings (SSSR count). The fourth-order valence-electron chi connectivity index (χ4n) is 2.63. The number of methoxy groups -OCH3 is 2. The minimum Gasteiger partial charge on any atom is -0.497 e. The Labute approximate surface area is 171 Å². The van der Waals surface area contributed by atoms with E-state index in [0.717, 1.165) is 12.8 Å². The van der Waals surface area contributed by atoms with Gasteiger partial charge in [-0.25, -0.2) is 0 Å². The summed E-state index contributed by atoms with van der Waals surface area (Å²) >= 11 is 0. The van der Waals surface area contributed by atoms with Crippen LogP contribution in [0.25, 0.3) is 0 Å². The summed E-state index contributed by atoms with van der Waals surface area (Å²) in [7, 11) is 4.68. The Morgan fingerprint density at radius 3 is 2.34 bits per heavy atom. The number of hydrogen-bond donors (Lipinski definition) is 1. The van der Waals surface area contributed by atoms with Gasteiger partial charge < -0.3 is 24.4 Å². The summed E-state index contributed by atoms with van der Waals surface area (Å²) in [6.45, 7) is 2.59. The summed E-state index contributed by atoms with van der Waals surface area (Å²) in [6.07, 6.45) is 1.97. The summed E-state index contributed by atoms with van der Waals surface area (Å²) in [6, 6.07) is 12.0. The standard InChI is InChI=1S/C22H28N2O5/c1-5-6-13-29-19-12-7-16(14-20(19)28-4)22(26)24(2)15-21(25)23-17-8-10-18(27-3)11-9-17/h7-12,14H,5-6,13,15H2,1-4H3,(H,23,25). The number of carbonyl (C=O) groups excluding carboxylic acids is 2. The van der Waals surface area contributed by atoms with Crippen molar-refractivity contribution in [2.24, 2.45) is 0 Å². The first kappa shape index (κ1) is 22.1. The normalized spacial score (nSPS) is 10.2. The van der Waals surface area contributed by atoms with Crippen molar-refractivity contribution < 1.29 is 23.8 Å². The molecule has 0 radical (unpaired) electrons. The summed E-state index contributed by atoms with van der Waals surface area (Å²) in [5, 5.41) is 2.76. The van der Waals surface area contributed by atoms with Crippen LogP contribution in [0.5, 0.6) is 17.2 Å². The van der Waals surface area contributed by atoms with E-state index in [4.69, 9.17) is 14.2 Å². The number of likely N-dealkylation sites (N-methyl/N-ethyl adjacent to an activating group) is 1. The van der Waals surface area contributed by atoms with Crippen LogP contribution in [0.4, 0.5) is 5.69 Å².